The third-order valence-corrected chi connectivity index (χ3v) is 4.81. The van der Waals surface area contributed by atoms with Crippen LogP contribution in [-0.2, 0) is 9.53 Å². The van der Waals surface area contributed by atoms with Gasteiger partial charge in [0.2, 0.25) is 5.88 Å². The predicted molar refractivity (Wildman–Crippen MR) is 85.6 cm³/mol. The Hall–Kier alpha value is -1.89. The third kappa shape index (κ3) is 3.24. The molecule has 1 spiro atoms. The molecule has 2 saturated heterocycles. The molecule has 1 aromatic heterocycles. The van der Waals surface area contributed by atoms with Crippen LogP contribution in [0.1, 0.15) is 25.7 Å². The zero-order valence-electron chi connectivity index (χ0n) is 14.0. The molecule has 0 aromatic carbocycles. The van der Waals surface area contributed by atoms with Crippen LogP contribution in [-0.4, -0.2) is 66.8 Å². The molecular formula is C16H24N4O3. The van der Waals surface area contributed by atoms with Crippen LogP contribution < -0.4 is 9.64 Å². The number of methoxy groups -OCH3 is 1. The molecule has 3 heterocycles. The van der Waals surface area contributed by atoms with Crippen molar-refractivity contribution in [2.75, 3.05) is 39.2 Å². The third-order valence-electron chi connectivity index (χ3n) is 4.81. The van der Waals surface area contributed by atoms with Crippen molar-refractivity contribution in [3.8, 4) is 5.88 Å². The Balaban J connectivity index is 1.61. The van der Waals surface area contributed by atoms with Crippen LogP contribution in [0.5, 0.6) is 5.88 Å². The zero-order chi connectivity index (χ0) is 16.4. The molecule has 23 heavy (non-hydrogen) atoms. The van der Waals surface area contributed by atoms with Gasteiger partial charge in [-0.2, -0.15) is 0 Å². The zero-order valence-corrected chi connectivity index (χ0v) is 14.0. The molecule has 3 rings (SSSR count). The lowest BCUT2D eigenvalue weighted by molar-refractivity contribution is -0.146. The van der Waals surface area contributed by atoms with Gasteiger partial charge in [-0.05, 0) is 25.7 Å². The van der Waals surface area contributed by atoms with E-state index in [9.17, 15) is 4.79 Å². The first-order valence-corrected chi connectivity index (χ1v) is 8.03. The van der Waals surface area contributed by atoms with Gasteiger partial charge in [0.25, 0.3) is 5.91 Å². The summed E-state index contributed by atoms with van der Waals surface area (Å²) in [6.07, 6.45) is 4.84. The van der Waals surface area contributed by atoms with Crippen molar-refractivity contribution in [2.45, 2.75) is 37.4 Å². The molecule has 0 aliphatic carbocycles. The summed E-state index contributed by atoms with van der Waals surface area (Å²) in [5.41, 5.74) is -0.149. The number of hydrogen-bond donors (Lipinski definition) is 0. The number of carbonyl (C=O) groups is 1. The number of hydrogen-bond acceptors (Lipinski definition) is 6. The summed E-state index contributed by atoms with van der Waals surface area (Å²) in [5, 5.41) is 0. The van der Waals surface area contributed by atoms with Gasteiger partial charge in [-0.25, -0.2) is 9.97 Å². The maximum Gasteiger partial charge on any atom is 0.251 e. The Labute approximate surface area is 136 Å². The number of aromatic nitrogens is 2. The molecule has 0 bridgehead atoms. The number of carbonyl (C=O) groups excluding carboxylic acids is 1. The first-order chi connectivity index (χ1) is 11.0. The van der Waals surface area contributed by atoms with E-state index >= 15 is 0 Å². The number of nitrogens with zero attached hydrogens (tertiary/aromatic N) is 4. The average Bonchev–Trinajstić information content (AvgIpc) is 2.98. The van der Waals surface area contributed by atoms with Crippen LogP contribution in [0, 0.1) is 0 Å². The maximum absolute atomic E-state index is 12.1. The average molecular weight is 320 g/mol. The van der Waals surface area contributed by atoms with E-state index in [2.05, 4.69) is 14.9 Å². The van der Waals surface area contributed by atoms with Crippen LogP contribution in [0.3, 0.4) is 0 Å². The van der Waals surface area contributed by atoms with Crippen LogP contribution in [0.2, 0.25) is 0 Å². The van der Waals surface area contributed by atoms with Gasteiger partial charge in [-0.15, -0.1) is 0 Å². The van der Waals surface area contributed by atoms with E-state index in [0.717, 1.165) is 44.6 Å². The summed E-state index contributed by atoms with van der Waals surface area (Å²) in [6.45, 7) is 1.73. The monoisotopic (exact) mass is 320 g/mol. The number of ether oxygens (including phenoxy) is 2. The van der Waals surface area contributed by atoms with Crippen molar-refractivity contribution in [1.82, 2.24) is 14.9 Å². The van der Waals surface area contributed by atoms with Gasteiger partial charge < -0.3 is 19.3 Å². The summed E-state index contributed by atoms with van der Waals surface area (Å²) >= 11 is 0. The Kier molecular flexibility index (Phi) is 4.39. The molecule has 2 aliphatic rings. The molecule has 7 heteroatoms. The van der Waals surface area contributed by atoms with Crippen molar-refractivity contribution in [1.29, 1.82) is 0 Å². The van der Waals surface area contributed by atoms with E-state index < -0.39 is 0 Å². The highest BCUT2D eigenvalue weighted by Gasteiger charge is 2.45. The van der Waals surface area contributed by atoms with E-state index in [1.165, 1.54) is 6.33 Å². The van der Waals surface area contributed by atoms with E-state index in [1.807, 2.05) is 6.07 Å². The minimum atomic E-state index is -0.282. The van der Waals surface area contributed by atoms with Crippen molar-refractivity contribution < 1.29 is 14.3 Å². The minimum absolute atomic E-state index is 0.0739. The maximum atomic E-state index is 12.1. The Morgan fingerprint density at radius 3 is 2.74 bits per heavy atom. The van der Waals surface area contributed by atoms with E-state index in [-0.39, 0.29) is 17.6 Å². The Morgan fingerprint density at radius 1 is 1.35 bits per heavy atom. The fourth-order valence-corrected chi connectivity index (χ4v) is 3.40. The number of likely N-dealkylation sites (N-methyl/N-ethyl adjacent to an activating group) is 1. The van der Waals surface area contributed by atoms with E-state index in [0.29, 0.717) is 5.88 Å². The quantitative estimate of drug-likeness (QED) is 0.830. The normalized spacial score (nSPS) is 23.1. The highest BCUT2D eigenvalue weighted by molar-refractivity contribution is 5.80. The first-order valence-electron chi connectivity index (χ1n) is 8.03. The number of rotatable bonds is 3. The standard InChI is InChI=1S/C16H24N4O3/c1-19(2)15(21)12-4-5-16(23-12)6-8-20(9-7-16)13-10-14(22-3)18-11-17-13/h10-12H,4-9H2,1-3H3/t12-/m0/s1. The first kappa shape index (κ1) is 16.0. The Morgan fingerprint density at radius 2 is 2.09 bits per heavy atom. The van der Waals surface area contributed by atoms with Gasteiger partial charge in [0.1, 0.15) is 18.2 Å². The van der Waals surface area contributed by atoms with Gasteiger partial charge in [-0.3, -0.25) is 4.79 Å². The van der Waals surface area contributed by atoms with Gasteiger partial charge in [-0.1, -0.05) is 0 Å². The molecular weight excluding hydrogens is 296 g/mol. The summed E-state index contributed by atoms with van der Waals surface area (Å²) in [5.74, 6) is 1.53. The molecule has 0 N–H and O–H groups in total. The molecule has 0 saturated carbocycles. The Bertz CT molecular complexity index is 570. The molecule has 2 aliphatic heterocycles. The molecule has 0 radical (unpaired) electrons. The summed E-state index contributed by atoms with van der Waals surface area (Å²) in [7, 11) is 5.16. The van der Waals surface area contributed by atoms with Gasteiger partial charge in [0.15, 0.2) is 0 Å². The van der Waals surface area contributed by atoms with E-state index in [4.69, 9.17) is 9.47 Å². The molecule has 1 amide bonds. The lowest BCUT2D eigenvalue weighted by Gasteiger charge is -2.39. The second kappa shape index (κ2) is 6.31. The summed E-state index contributed by atoms with van der Waals surface area (Å²) in [4.78, 5) is 24.3. The highest BCUT2D eigenvalue weighted by Crippen LogP contribution is 2.40. The molecule has 1 atom stereocenters. The SMILES string of the molecule is COc1cc(N2CCC3(CC[C@@H](C(=O)N(C)C)O3)CC2)ncn1. The number of piperidine rings is 1. The molecule has 2 fully saturated rings. The lowest BCUT2D eigenvalue weighted by Crippen LogP contribution is -2.46. The summed E-state index contributed by atoms with van der Waals surface area (Å²) in [6, 6.07) is 1.85. The van der Waals surface area contributed by atoms with Crippen LogP contribution >= 0.6 is 0 Å². The number of amides is 1. The molecule has 126 valence electrons. The van der Waals surface area contributed by atoms with E-state index in [1.54, 1.807) is 26.1 Å². The van der Waals surface area contributed by atoms with Gasteiger partial charge in [0, 0.05) is 33.3 Å². The van der Waals surface area contributed by atoms with Crippen LogP contribution in [0.15, 0.2) is 12.4 Å². The van der Waals surface area contributed by atoms with Crippen molar-refractivity contribution in [3.63, 3.8) is 0 Å². The summed E-state index contributed by atoms with van der Waals surface area (Å²) < 4.78 is 11.3. The van der Waals surface area contributed by atoms with Gasteiger partial charge in [0.05, 0.1) is 12.7 Å². The topological polar surface area (TPSA) is 67.8 Å². The van der Waals surface area contributed by atoms with Crippen molar-refractivity contribution >= 4 is 11.7 Å². The lowest BCUT2D eigenvalue weighted by atomic mass is 9.88. The molecule has 7 nitrogen and oxygen atoms in total. The van der Waals surface area contributed by atoms with Crippen LogP contribution in [0.25, 0.3) is 0 Å². The molecule has 0 unspecified atom stereocenters. The minimum Gasteiger partial charge on any atom is -0.481 e. The van der Waals surface area contributed by atoms with Crippen LogP contribution in [0.4, 0.5) is 5.82 Å². The van der Waals surface area contributed by atoms with Crippen molar-refractivity contribution in [3.05, 3.63) is 12.4 Å². The fraction of sp³-hybridized carbons (Fsp3) is 0.688. The molecule has 1 aromatic rings. The fourth-order valence-electron chi connectivity index (χ4n) is 3.40. The smallest absolute Gasteiger partial charge is 0.251 e. The largest absolute Gasteiger partial charge is 0.481 e. The van der Waals surface area contributed by atoms with Crippen molar-refractivity contribution in [2.24, 2.45) is 0 Å². The van der Waals surface area contributed by atoms with Gasteiger partial charge >= 0.3 is 0 Å². The predicted octanol–water partition coefficient (Wildman–Crippen LogP) is 1.09. The second-order valence-corrected chi connectivity index (χ2v) is 6.47. The highest BCUT2D eigenvalue weighted by atomic mass is 16.5. The second-order valence-electron chi connectivity index (χ2n) is 6.47. The number of anilines is 1.